The number of benzene rings is 1. The summed E-state index contributed by atoms with van der Waals surface area (Å²) in [6.07, 6.45) is 10.6. The van der Waals surface area contributed by atoms with E-state index in [2.05, 4.69) is 30.3 Å². The molecule has 1 N–H and O–H groups in total. The van der Waals surface area contributed by atoms with Crippen LogP contribution in [0.4, 0.5) is 0 Å². The summed E-state index contributed by atoms with van der Waals surface area (Å²) in [7, 11) is 1.66. The van der Waals surface area contributed by atoms with Gasteiger partial charge in [-0.2, -0.15) is 0 Å². The fourth-order valence-corrected chi connectivity index (χ4v) is 6.38. The van der Waals surface area contributed by atoms with Crippen LogP contribution in [0.1, 0.15) is 68.6 Å². The molecule has 2 aliphatic carbocycles. The quantitative estimate of drug-likeness (QED) is 0.309. The number of carboxylic acid groups (broad SMARTS) is 1. The second-order valence-corrected chi connectivity index (χ2v) is 11.4. The molecule has 0 radical (unpaired) electrons. The van der Waals surface area contributed by atoms with E-state index in [1.807, 2.05) is 36.5 Å². The lowest BCUT2D eigenvalue weighted by atomic mass is 9.80. The summed E-state index contributed by atoms with van der Waals surface area (Å²) in [5.74, 6) is 1.31. The van der Waals surface area contributed by atoms with Gasteiger partial charge in [0.25, 0.3) is 0 Å². The molecule has 5 rings (SSSR count). The summed E-state index contributed by atoms with van der Waals surface area (Å²) in [5, 5.41) is 11.6. The van der Waals surface area contributed by atoms with E-state index in [9.17, 15) is 9.90 Å². The van der Waals surface area contributed by atoms with Crippen molar-refractivity contribution in [2.24, 2.45) is 11.3 Å². The van der Waals surface area contributed by atoms with Gasteiger partial charge in [-0.3, -0.25) is 9.78 Å². The van der Waals surface area contributed by atoms with Gasteiger partial charge in [-0.1, -0.05) is 32.1 Å². The zero-order valence-electron chi connectivity index (χ0n) is 21.1. The minimum atomic E-state index is -0.742. The molecular formula is C30H33NO4S. The molecule has 0 bridgehead atoms. The number of methoxy groups -OCH3 is 1. The Kier molecular flexibility index (Phi) is 6.89. The molecule has 2 aliphatic rings. The highest BCUT2D eigenvalue weighted by molar-refractivity contribution is 7.14. The lowest BCUT2D eigenvalue weighted by Gasteiger charge is -2.24. The van der Waals surface area contributed by atoms with Crippen LogP contribution in [-0.2, 0) is 11.4 Å². The van der Waals surface area contributed by atoms with Crippen LogP contribution in [-0.4, -0.2) is 23.2 Å². The van der Waals surface area contributed by atoms with E-state index in [1.165, 1.54) is 16.0 Å². The standard InChI is InChI=1S/C30H33NO4S/c1-30(2)11-5-8-26(30)28-22(18-36-29(28)21-13-24(34-3)16-31-15-21)17-35-23-7-4-6-20(12-23)25(14-27(32)33)19-9-10-19/h4,6-8,12-13,15-16,18-19,25H,5,9-11,14,17H2,1-3H3,(H,32,33)/t25-/m0/s1. The zero-order valence-corrected chi connectivity index (χ0v) is 21.9. The number of rotatable bonds is 10. The maximum Gasteiger partial charge on any atom is 0.303 e. The first-order valence-electron chi connectivity index (χ1n) is 12.6. The van der Waals surface area contributed by atoms with Gasteiger partial charge < -0.3 is 14.6 Å². The van der Waals surface area contributed by atoms with Gasteiger partial charge in [-0.15, -0.1) is 11.3 Å². The van der Waals surface area contributed by atoms with Crippen molar-refractivity contribution in [3.63, 3.8) is 0 Å². The predicted molar refractivity (Wildman–Crippen MR) is 144 cm³/mol. The minimum absolute atomic E-state index is 0.0550. The lowest BCUT2D eigenvalue weighted by molar-refractivity contribution is -0.137. The van der Waals surface area contributed by atoms with Crippen LogP contribution >= 0.6 is 11.3 Å². The first kappa shape index (κ1) is 24.6. The second kappa shape index (κ2) is 10.1. The average Bonchev–Trinajstić information content (AvgIpc) is 3.53. The van der Waals surface area contributed by atoms with E-state index in [0.717, 1.165) is 53.9 Å². The third-order valence-corrected chi connectivity index (χ3v) is 8.54. The van der Waals surface area contributed by atoms with Gasteiger partial charge in [0, 0.05) is 27.8 Å². The van der Waals surface area contributed by atoms with Crippen LogP contribution in [0.3, 0.4) is 0 Å². The van der Waals surface area contributed by atoms with Gasteiger partial charge in [-0.05, 0) is 77.6 Å². The van der Waals surface area contributed by atoms with Crippen molar-refractivity contribution in [1.82, 2.24) is 4.98 Å². The molecule has 0 unspecified atom stereocenters. The maximum absolute atomic E-state index is 11.4. The van der Waals surface area contributed by atoms with Crippen molar-refractivity contribution >= 4 is 22.9 Å². The molecule has 5 nitrogen and oxygen atoms in total. The van der Waals surface area contributed by atoms with Gasteiger partial charge in [0.1, 0.15) is 18.1 Å². The molecule has 2 heterocycles. The number of hydrogen-bond acceptors (Lipinski definition) is 5. The van der Waals surface area contributed by atoms with Crippen molar-refractivity contribution in [3.05, 3.63) is 70.9 Å². The Balaban J connectivity index is 1.44. The molecule has 0 amide bonds. The monoisotopic (exact) mass is 503 g/mol. The number of carbonyl (C=O) groups is 1. The Morgan fingerprint density at radius 2 is 2.06 bits per heavy atom. The van der Waals surface area contributed by atoms with E-state index in [0.29, 0.717) is 12.5 Å². The SMILES string of the molecule is COc1cncc(-c2scc(COc3cccc([C@@H](CC(=O)O)C4CC4)c3)c2C2=CCCC2(C)C)c1. The number of allylic oxidation sites excluding steroid dienone is 2. The van der Waals surface area contributed by atoms with Crippen LogP contribution < -0.4 is 9.47 Å². The minimum Gasteiger partial charge on any atom is -0.495 e. The van der Waals surface area contributed by atoms with Crippen LogP contribution in [0.5, 0.6) is 11.5 Å². The van der Waals surface area contributed by atoms with E-state index >= 15 is 0 Å². The Bertz CT molecular complexity index is 1290. The third kappa shape index (κ3) is 5.19. The largest absolute Gasteiger partial charge is 0.495 e. The molecule has 6 heteroatoms. The Morgan fingerprint density at radius 1 is 1.22 bits per heavy atom. The van der Waals surface area contributed by atoms with Crippen LogP contribution in [0.15, 0.2) is 54.2 Å². The maximum atomic E-state index is 11.4. The average molecular weight is 504 g/mol. The highest BCUT2D eigenvalue weighted by Gasteiger charge is 2.34. The number of hydrogen-bond donors (Lipinski definition) is 1. The number of aliphatic carboxylic acids is 1. The second-order valence-electron chi connectivity index (χ2n) is 10.5. The van der Waals surface area contributed by atoms with Crippen molar-refractivity contribution in [2.75, 3.05) is 7.11 Å². The van der Waals surface area contributed by atoms with Gasteiger partial charge in [0.15, 0.2) is 0 Å². The Morgan fingerprint density at radius 3 is 2.75 bits per heavy atom. The van der Waals surface area contributed by atoms with Crippen LogP contribution in [0.2, 0.25) is 0 Å². The Labute approximate surface area is 216 Å². The smallest absolute Gasteiger partial charge is 0.303 e. The summed E-state index contributed by atoms with van der Waals surface area (Å²) in [5.41, 5.74) is 5.97. The first-order valence-corrected chi connectivity index (χ1v) is 13.5. The molecule has 0 saturated heterocycles. The van der Waals surface area contributed by atoms with E-state index in [4.69, 9.17) is 9.47 Å². The molecule has 1 aromatic carbocycles. The summed E-state index contributed by atoms with van der Waals surface area (Å²) in [6.45, 7) is 5.07. The fraction of sp³-hybridized carbons (Fsp3) is 0.400. The van der Waals surface area contributed by atoms with Gasteiger partial charge in [0.2, 0.25) is 0 Å². The normalized spacial score (nSPS) is 17.5. The number of nitrogens with zero attached hydrogens (tertiary/aromatic N) is 1. The van der Waals surface area contributed by atoms with Gasteiger partial charge in [-0.25, -0.2) is 0 Å². The third-order valence-electron chi connectivity index (χ3n) is 7.46. The van der Waals surface area contributed by atoms with Crippen molar-refractivity contribution in [3.8, 4) is 21.9 Å². The van der Waals surface area contributed by atoms with E-state index < -0.39 is 5.97 Å². The molecule has 3 aromatic rings. The molecule has 1 atom stereocenters. The topological polar surface area (TPSA) is 68.7 Å². The number of carboxylic acids is 1. The van der Waals surface area contributed by atoms with Crippen molar-refractivity contribution < 1.29 is 19.4 Å². The van der Waals surface area contributed by atoms with Crippen molar-refractivity contribution in [1.29, 1.82) is 0 Å². The van der Waals surface area contributed by atoms with Crippen LogP contribution in [0, 0.1) is 11.3 Å². The molecule has 1 saturated carbocycles. The first-order chi connectivity index (χ1) is 17.4. The molecule has 1 fully saturated rings. The highest BCUT2D eigenvalue weighted by Crippen LogP contribution is 2.50. The Hall–Kier alpha value is -3.12. The summed E-state index contributed by atoms with van der Waals surface area (Å²) < 4.78 is 11.8. The molecule has 0 spiro atoms. The predicted octanol–water partition coefficient (Wildman–Crippen LogP) is 7.57. The lowest BCUT2D eigenvalue weighted by Crippen LogP contribution is -2.11. The molecule has 36 heavy (non-hydrogen) atoms. The fourth-order valence-electron chi connectivity index (χ4n) is 5.33. The zero-order chi connectivity index (χ0) is 25.3. The summed E-state index contributed by atoms with van der Waals surface area (Å²) >= 11 is 1.72. The summed E-state index contributed by atoms with van der Waals surface area (Å²) in [6, 6.07) is 10.1. The highest BCUT2D eigenvalue weighted by atomic mass is 32.1. The molecule has 188 valence electrons. The van der Waals surface area contributed by atoms with E-state index in [1.54, 1.807) is 24.6 Å². The summed E-state index contributed by atoms with van der Waals surface area (Å²) in [4.78, 5) is 17.0. The molecular weight excluding hydrogens is 470 g/mol. The number of ether oxygens (including phenoxy) is 2. The van der Waals surface area contributed by atoms with Crippen LogP contribution in [0.25, 0.3) is 16.0 Å². The van der Waals surface area contributed by atoms with E-state index in [-0.39, 0.29) is 17.8 Å². The number of aromatic nitrogens is 1. The molecule has 0 aliphatic heterocycles. The van der Waals surface area contributed by atoms with Gasteiger partial charge >= 0.3 is 5.97 Å². The number of thiophene rings is 1. The van der Waals surface area contributed by atoms with Crippen molar-refractivity contribution in [2.45, 2.75) is 58.5 Å². The number of pyridine rings is 1. The van der Waals surface area contributed by atoms with Gasteiger partial charge in [0.05, 0.1) is 19.7 Å². The molecule has 2 aromatic heterocycles.